The van der Waals surface area contributed by atoms with Crippen molar-refractivity contribution in [3.05, 3.63) is 29.8 Å². The average molecular weight is 275 g/mol. The van der Waals surface area contributed by atoms with Crippen LogP contribution in [-0.2, 0) is 15.2 Å². The van der Waals surface area contributed by atoms with Gasteiger partial charge in [-0.05, 0) is 24.3 Å². The molecule has 0 atom stereocenters. The molecule has 1 rings (SSSR count). The molecule has 0 aliphatic rings. The summed E-state index contributed by atoms with van der Waals surface area (Å²) >= 11 is 0. The van der Waals surface area contributed by atoms with Gasteiger partial charge in [0.25, 0.3) is 9.05 Å². The molecule has 0 bridgehead atoms. The highest BCUT2D eigenvalue weighted by Gasteiger charge is 2.30. The molecule has 16 heavy (non-hydrogen) atoms. The van der Waals surface area contributed by atoms with Gasteiger partial charge in [0.15, 0.2) is 0 Å². The van der Waals surface area contributed by atoms with Crippen molar-refractivity contribution in [3.63, 3.8) is 0 Å². The van der Waals surface area contributed by atoms with Gasteiger partial charge in [-0.1, -0.05) is 13.8 Å². The van der Waals surface area contributed by atoms with E-state index in [2.05, 4.69) is 0 Å². The lowest BCUT2D eigenvalue weighted by atomic mass is 10.2. The third-order valence-corrected chi connectivity index (χ3v) is 2.83. The molecular formula is C9H10ClF3O2S. The Balaban J connectivity index is 0.00000106. The first-order chi connectivity index (χ1) is 7.21. The second-order valence-electron chi connectivity index (χ2n) is 2.46. The van der Waals surface area contributed by atoms with Gasteiger partial charge >= 0.3 is 6.18 Å². The standard InChI is InChI=1S/C7H4ClF3O2S.C2H6/c8-14(12,13)6-3-1-5(2-4-6)7(9,10)11;1-2/h1-4H;1-2H3. The summed E-state index contributed by atoms with van der Waals surface area (Å²) in [5.74, 6) is 0. The fourth-order valence-electron chi connectivity index (χ4n) is 0.806. The van der Waals surface area contributed by atoms with Crippen LogP contribution in [0.1, 0.15) is 19.4 Å². The second kappa shape index (κ2) is 5.54. The number of alkyl halides is 3. The first-order valence-electron chi connectivity index (χ1n) is 4.33. The zero-order chi connectivity index (χ0) is 13.0. The molecule has 2 nitrogen and oxygen atoms in total. The van der Waals surface area contributed by atoms with Crippen LogP contribution in [0.5, 0.6) is 0 Å². The van der Waals surface area contributed by atoms with Crippen molar-refractivity contribution in [3.8, 4) is 0 Å². The molecule has 0 radical (unpaired) electrons. The minimum atomic E-state index is -4.48. The molecule has 0 heterocycles. The predicted molar refractivity (Wildman–Crippen MR) is 55.8 cm³/mol. The van der Waals surface area contributed by atoms with Crippen molar-refractivity contribution in [2.75, 3.05) is 0 Å². The molecule has 0 aliphatic heterocycles. The molecular weight excluding hydrogens is 265 g/mol. The van der Waals surface area contributed by atoms with Crippen LogP contribution in [0.15, 0.2) is 29.2 Å². The van der Waals surface area contributed by atoms with E-state index in [1.165, 1.54) is 0 Å². The van der Waals surface area contributed by atoms with Gasteiger partial charge < -0.3 is 0 Å². The van der Waals surface area contributed by atoms with Gasteiger partial charge in [-0.15, -0.1) is 0 Å². The monoisotopic (exact) mass is 274 g/mol. The molecule has 92 valence electrons. The number of benzene rings is 1. The topological polar surface area (TPSA) is 34.1 Å². The lowest BCUT2D eigenvalue weighted by Crippen LogP contribution is -2.04. The maximum absolute atomic E-state index is 12.0. The van der Waals surface area contributed by atoms with Crippen LogP contribution < -0.4 is 0 Å². The molecule has 1 aromatic rings. The van der Waals surface area contributed by atoms with Crippen LogP contribution in [0.25, 0.3) is 0 Å². The third-order valence-electron chi connectivity index (χ3n) is 1.46. The summed E-state index contributed by atoms with van der Waals surface area (Å²) in [7, 11) is 0.956. The minimum absolute atomic E-state index is 0.354. The third kappa shape index (κ3) is 4.40. The Labute approximate surface area is 96.5 Å². The molecule has 0 aromatic heterocycles. The largest absolute Gasteiger partial charge is 0.416 e. The van der Waals surface area contributed by atoms with E-state index in [-0.39, 0.29) is 4.90 Å². The van der Waals surface area contributed by atoms with Gasteiger partial charge in [0.1, 0.15) is 0 Å². The normalized spacial score (nSPS) is 11.6. The Kier molecular flexibility index (Phi) is 5.28. The van der Waals surface area contributed by atoms with E-state index in [0.717, 1.165) is 12.1 Å². The lowest BCUT2D eigenvalue weighted by Gasteiger charge is -2.05. The Morgan fingerprint density at radius 2 is 1.44 bits per heavy atom. The van der Waals surface area contributed by atoms with E-state index in [1.807, 2.05) is 13.8 Å². The smallest absolute Gasteiger partial charge is 0.207 e. The number of hydrogen-bond acceptors (Lipinski definition) is 2. The summed E-state index contributed by atoms with van der Waals surface area (Å²) < 4.78 is 57.5. The molecule has 0 spiro atoms. The molecule has 0 saturated carbocycles. The van der Waals surface area contributed by atoms with Gasteiger partial charge in [-0.2, -0.15) is 13.2 Å². The van der Waals surface area contributed by atoms with Crippen LogP contribution in [0, 0.1) is 0 Å². The molecule has 0 N–H and O–H groups in total. The molecule has 7 heteroatoms. The van der Waals surface area contributed by atoms with Crippen molar-refractivity contribution < 1.29 is 21.6 Å². The molecule has 0 aliphatic carbocycles. The highest BCUT2D eigenvalue weighted by atomic mass is 35.7. The summed E-state index contributed by atoms with van der Waals surface area (Å²) in [5, 5.41) is 0. The number of halogens is 4. The maximum Gasteiger partial charge on any atom is 0.416 e. The maximum atomic E-state index is 12.0. The predicted octanol–water partition coefficient (Wildman–Crippen LogP) is 3.66. The fourth-order valence-corrected chi connectivity index (χ4v) is 1.58. The van der Waals surface area contributed by atoms with Gasteiger partial charge in [-0.3, -0.25) is 0 Å². The van der Waals surface area contributed by atoms with Crippen molar-refractivity contribution >= 4 is 19.7 Å². The van der Waals surface area contributed by atoms with Gasteiger partial charge in [0.05, 0.1) is 10.5 Å². The average Bonchev–Trinajstić information content (AvgIpc) is 2.18. The van der Waals surface area contributed by atoms with Crippen molar-refractivity contribution in [1.82, 2.24) is 0 Å². The first-order valence-corrected chi connectivity index (χ1v) is 6.64. The molecule has 0 fully saturated rings. The molecule has 0 unspecified atom stereocenters. The van der Waals surface area contributed by atoms with Crippen molar-refractivity contribution in [1.29, 1.82) is 0 Å². The first kappa shape index (κ1) is 15.2. The second-order valence-corrected chi connectivity index (χ2v) is 5.03. The van der Waals surface area contributed by atoms with Gasteiger partial charge in [-0.25, -0.2) is 8.42 Å². The van der Waals surface area contributed by atoms with E-state index in [1.54, 1.807) is 0 Å². The Morgan fingerprint density at radius 3 is 1.69 bits per heavy atom. The quantitative estimate of drug-likeness (QED) is 0.733. The SMILES string of the molecule is CC.O=S(=O)(Cl)c1ccc(C(F)(F)F)cc1. The molecule has 1 aromatic carbocycles. The highest BCUT2D eigenvalue weighted by molar-refractivity contribution is 8.13. The van der Waals surface area contributed by atoms with Crippen molar-refractivity contribution in [2.45, 2.75) is 24.9 Å². The lowest BCUT2D eigenvalue weighted by molar-refractivity contribution is -0.137. The van der Waals surface area contributed by atoms with Crippen LogP contribution in [0.4, 0.5) is 13.2 Å². The zero-order valence-corrected chi connectivity index (χ0v) is 10.1. The summed E-state index contributed by atoms with van der Waals surface area (Å²) in [4.78, 5) is -0.354. The van der Waals surface area contributed by atoms with E-state index in [4.69, 9.17) is 10.7 Å². The summed E-state index contributed by atoms with van der Waals surface area (Å²) in [6, 6.07) is 2.95. The summed E-state index contributed by atoms with van der Waals surface area (Å²) in [5.41, 5.74) is -0.915. The van der Waals surface area contributed by atoms with E-state index < -0.39 is 20.8 Å². The van der Waals surface area contributed by atoms with E-state index in [0.29, 0.717) is 12.1 Å². The van der Waals surface area contributed by atoms with Gasteiger partial charge in [0.2, 0.25) is 0 Å². The number of rotatable bonds is 1. The van der Waals surface area contributed by atoms with E-state index in [9.17, 15) is 21.6 Å². The summed E-state index contributed by atoms with van der Waals surface area (Å²) in [6.45, 7) is 4.00. The minimum Gasteiger partial charge on any atom is -0.207 e. The van der Waals surface area contributed by atoms with Gasteiger partial charge in [0, 0.05) is 10.7 Å². The van der Waals surface area contributed by atoms with Crippen LogP contribution in [0.2, 0.25) is 0 Å². The number of hydrogen-bond donors (Lipinski definition) is 0. The summed E-state index contributed by atoms with van der Waals surface area (Å²) in [6.07, 6.45) is -4.48. The Hall–Kier alpha value is -0.750. The Morgan fingerprint density at radius 1 is 1.06 bits per heavy atom. The van der Waals surface area contributed by atoms with Crippen LogP contribution in [0.3, 0.4) is 0 Å². The Bertz CT molecular complexity index is 423. The van der Waals surface area contributed by atoms with E-state index >= 15 is 0 Å². The zero-order valence-electron chi connectivity index (χ0n) is 8.55. The highest BCUT2D eigenvalue weighted by Crippen LogP contribution is 2.30. The van der Waals surface area contributed by atoms with Crippen LogP contribution in [-0.4, -0.2) is 8.42 Å². The van der Waals surface area contributed by atoms with Crippen LogP contribution >= 0.6 is 10.7 Å². The molecule has 0 saturated heterocycles. The van der Waals surface area contributed by atoms with Crippen molar-refractivity contribution in [2.24, 2.45) is 0 Å². The molecule has 0 amide bonds. The fraction of sp³-hybridized carbons (Fsp3) is 0.333.